The maximum atomic E-state index is 13.0. The van der Waals surface area contributed by atoms with Crippen molar-refractivity contribution in [1.82, 2.24) is 10.0 Å². The molecule has 0 amide bonds. The zero-order valence-corrected chi connectivity index (χ0v) is 18.9. The van der Waals surface area contributed by atoms with Crippen LogP contribution in [0.5, 0.6) is 0 Å². The van der Waals surface area contributed by atoms with Gasteiger partial charge in [0.25, 0.3) is 0 Å². The van der Waals surface area contributed by atoms with E-state index >= 15 is 0 Å². The Hall–Kier alpha value is -2.99. The second kappa shape index (κ2) is 10.1. The van der Waals surface area contributed by atoms with Gasteiger partial charge in [-0.1, -0.05) is 91.0 Å². The van der Waals surface area contributed by atoms with E-state index in [0.29, 0.717) is 13.0 Å². The molecule has 164 valence electrons. The van der Waals surface area contributed by atoms with Gasteiger partial charge in [-0.2, -0.15) is 0 Å². The third-order valence-electron chi connectivity index (χ3n) is 5.66. The first-order valence-corrected chi connectivity index (χ1v) is 12.3. The topological polar surface area (TPSA) is 58.2 Å². The molecule has 2 unspecified atom stereocenters. The molecule has 4 aromatic carbocycles. The zero-order valence-electron chi connectivity index (χ0n) is 18.1. The van der Waals surface area contributed by atoms with Gasteiger partial charge in [0.2, 0.25) is 10.0 Å². The molecular weight excluding hydrogens is 416 g/mol. The van der Waals surface area contributed by atoms with E-state index < -0.39 is 10.0 Å². The molecule has 0 aromatic heterocycles. The third kappa shape index (κ3) is 5.43. The SMILES string of the molecule is CC(NCC(Cc1ccccc1)NS(=O)(=O)c1ccccc1)c1cccc2ccccc12. The summed E-state index contributed by atoms with van der Waals surface area (Å²) in [7, 11) is -3.62. The van der Waals surface area contributed by atoms with E-state index in [1.165, 1.54) is 16.3 Å². The van der Waals surface area contributed by atoms with Gasteiger partial charge in [-0.15, -0.1) is 0 Å². The molecule has 0 heterocycles. The molecule has 0 radical (unpaired) electrons. The number of hydrogen-bond donors (Lipinski definition) is 2. The van der Waals surface area contributed by atoms with Crippen molar-refractivity contribution < 1.29 is 8.42 Å². The van der Waals surface area contributed by atoms with Crippen molar-refractivity contribution in [3.8, 4) is 0 Å². The minimum Gasteiger partial charge on any atom is -0.309 e. The summed E-state index contributed by atoms with van der Waals surface area (Å²) in [6.07, 6.45) is 0.599. The Labute approximate surface area is 190 Å². The standard InChI is InChI=1S/C27H28N2O2S/c1-21(26-18-10-14-23-13-8-9-17-27(23)26)28-20-24(19-22-11-4-2-5-12-22)29-32(30,31)25-15-6-3-7-16-25/h2-18,21,24,28-29H,19-20H2,1H3. The summed E-state index contributed by atoms with van der Waals surface area (Å²) in [5, 5.41) is 5.96. The average molecular weight is 445 g/mol. The fourth-order valence-electron chi connectivity index (χ4n) is 4.00. The van der Waals surface area contributed by atoms with Gasteiger partial charge < -0.3 is 5.32 Å². The summed E-state index contributed by atoms with van der Waals surface area (Å²) >= 11 is 0. The van der Waals surface area contributed by atoms with E-state index in [0.717, 1.165) is 5.56 Å². The maximum absolute atomic E-state index is 13.0. The highest BCUT2D eigenvalue weighted by atomic mass is 32.2. The van der Waals surface area contributed by atoms with E-state index in [1.807, 2.05) is 48.5 Å². The quantitative estimate of drug-likeness (QED) is 0.378. The average Bonchev–Trinajstić information content (AvgIpc) is 2.83. The summed E-state index contributed by atoms with van der Waals surface area (Å²) in [5.74, 6) is 0. The van der Waals surface area contributed by atoms with E-state index in [-0.39, 0.29) is 17.0 Å². The minimum atomic E-state index is -3.62. The summed E-state index contributed by atoms with van der Waals surface area (Å²) in [6.45, 7) is 2.62. The number of rotatable bonds is 9. The van der Waals surface area contributed by atoms with Gasteiger partial charge in [0.15, 0.2) is 0 Å². The zero-order chi connectivity index (χ0) is 22.4. The van der Waals surface area contributed by atoms with Crippen molar-refractivity contribution in [2.75, 3.05) is 6.54 Å². The highest BCUT2D eigenvalue weighted by molar-refractivity contribution is 7.89. The van der Waals surface area contributed by atoms with Crippen LogP contribution >= 0.6 is 0 Å². The molecular formula is C27H28N2O2S. The van der Waals surface area contributed by atoms with Crippen molar-refractivity contribution in [2.24, 2.45) is 0 Å². The molecule has 2 N–H and O–H groups in total. The van der Waals surface area contributed by atoms with Crippen LogP contribution in [0.4, 0.5) is 0 Å². The highest BCUT2D eigenvalue weighted by Crippen LogP contribution is 2.24. The lowest BCUT2D eigenvalue weighted by atomic mass is 9.99. The van der Waals surface area contributed by atoms with Crippen LogP contribution in [0.25, 0.3) is 10.8 Å². The van der Waals surface area contributed by atoms with E-state index in [2.05, 4.69) is 47.3 Å². The van der Waals surface area contributed by atoms with Gasteiger partial charge in [-0.25, -0.2) is 13.1 Å². The molecule has 4 nitrogen and oxygen atoms in total. The molecule has 4 rings (SSSR count). The summed E-state index contributed by atoms with van der Waals surface area (Å²) in [6, 6.07) is 32.9. The first-order chi connectivity index (χ1) is 15.5. The van der Waals surface area contributed by atoms with E-state index in [1.54, 1.807) is 24.3 Å². The molecule has 0 aliphatic carbocycles. The monoisotopic (exact) mass is 444 g/mol. The lowest BCUT2D eigenvalue weighted by molar-refractivity contribution is 0.482. The fraction of sp³-hybridized carbons (Fsp3) is 0.185. The summed E-state index contributed by atoms with van der Waals surface area (Å²) < 4.78 is 28.9. The van der Waals surface area contributed by atoms with Crippen molar-refractivity contribution in [2.45, 2.75) is 30.3 Å². The van der Waals surface area contributed by atoms with Crippen molar-refractivity contribution in [3.05, 3.63) is 114 Å². The Bertz CT molecular complexity index is 1250. The number of fused-ring (bicyclic) bond motifs is 1. The summed E-state index contributed by atoms with van der Waals surface area (Å²) in [4.78, 5) is 0.278. The number of hydrogen-bond acceptors (Lipinski definition) is 3. The molecule has 0 saturated carbocycles. The van der Waals surface area contributed by atoms with Crippen LogP contribution in [0.15, 0.2) is 108 Å². The Kier molecular flexibility index (Phi) is 7.00. The number of sulfonamides is 1. The van der Waals surface area contributed by atoms with Gasteiger partial charge in [-0.05, 0) is 47.4 Å². The lowest BCUT2D eigenvalue weighted by Crippen LogP contribution is -2.44. The largest absolute Gasteiger partial charge is 0.309 e. The Morgan fingerprint density at radius 3 is 2.12 bits per heavy atom. The predicted molar refractivity (Wildman–Crippen MR) is 131 cm³/mol. The molecule has 4 aromatic rings. The van der Waals surface area contributed by atoms with Crippen molar-refractivity contribution >= 4 is 20.8 Å². The maximum Gasteiger partial charge on any atom is 0.240 e. The Balaban J connectivity index is 1.53. The minimum absolute atomic E-state index is 0.0700. The lowest BCUT2D eigenvalue weighted by Gasteiger charge is -2.23. The second-order valence-electron chi connectivity index (χ2n) is 8.02. The van der Waals surface area contributed by atoms with E-state index in [4.69, 9.17) is 0 Å². The van der Waals surface area contributed by atoms with Crippen LogP contribution in [0.2, 0.25) is 0 Å². The van der Waals surface area contributed by atoms with Crippen LogP contribution < -0.4 is 10.0 Å². The number of nitrogens with one attached hydrogen (secondary N) is 2. The van der Waals surface area contributed by atoms with Gasteiger partial charge >= 0.3 is 0 Å². The van der Waals surface area contributed by atoms with Crippen LogP contribution in [0.3, 0.4) is 0 Å². The molecule has 32 heavy (non-hydrogen) atoms. The predicted octanol–water partition coefficient (Wildman–Crippen LogP) is 5.08. The first-order valence-electron chi connectivity index (χ1n) is 10.9. The molecule has 0 spiro atoms. The molecule has 0 bridgehead atoms. The van der Waals surface area contributed by atoms with Crippen LogP contribution in [0, 0.1) is 0 Å². The van der Waals surface area contributed by atoms with Crippen LogP contribution in [0.1, 0.15) is 24.1 Å². The molecule has 0 aliphatic heterocycles. The van der Waals surface area contributed by atoms with Crippen molar-refractivity contribution in [1.29, 1.82) is 0 Å². The second-order valence-corrected chi connectivity index (χ2v) is 9.73. The Morgan fingerprint density at radius 2 is 1.38 bits per heavy atom. The normalized spacial score (nSPS) is 13.7. The third-order valence-corrected chi connectivity index (χ3v) is 7.20. The Morgan fingerprint density at radius 1 is 0.750 bits per heavy atom. The van der Waals surface area contributed by atoms with Crippen LogP contribution in [-0.2, 0) is 16.4 Å². The summed E-state index contributed by atoms with van der Waals surface area (Å²) in [5.41, 5.74) is 2.29. The van der Waals surface area contributed by atoms with Crippen LogP contribution in [-0.4, -0.2) is 21.0 Å². The van der Waals surface area contributed by atoms with Crippen molar-refractivity contribution in [3.63, 3.8) is 0 Å². The van der Waals surface area contributed by atoms with Gasteiger partial charge in [0.05, 0.1) is 4.90 Å². The molecule has 2 atom stereocenters. The number of benzene rings is 4. The molecule has 0 saturated heterocycles. The molecule has 5 heteroatoms. The molecule has 0 fully saturated rings. The van der Waals surface area contributed by atoms with Gasteiger partial charge in [-0.3, -0.25) is 0 Å². The highest BCUT2D eigenvalue weighted by Gasteiger charge is 2.21. The molecule has 0 aliphatic rings. The smallest absolute Gasteiger partial charge is 0.240 e. The van der Waals surface area contributed by atoms with E-state index in [9.17, 15) is 8.42 Å². The van der Waals surface area contributed by atoms with Gasteiger partial charge in [0, 0.05) is 18.6 Å². The fourth-order valence-corrected chi connectivity index (χ4v) is 5.26. The van der Waals surface area contributed by atoms with Gasteiger partial charge in [0.1, 0.15) is 0 Å². The first kappa shape index (κ1) is 22.2.